The normalized spacial score (nSPS) is 11.3. The molecule has 0 aliphatic carbocycles. The standard InChI is InChI=1S/C10H8ClF3INO3/c1-2-18-9(17)5-3-7(15)16-6(4-11)8(5)19-10(12,13)14/h3H,2,4H2,1H3. The highest BCUT2D eigenvalue weighted by molar-refractivity contribution is 14.1. The van der Waals surface area contributed by atoms with Gasteiger partial charge in [-0.2, -0.15) is 0 Å². The molecule has 0 aromatic carbocycles. The number of pyridine rings is 1. The van der Waals surface area contributed by atoms with Crippen LogP contribution in [0.2, 0.25) is 0 Å². The summed E-state index contributed by atoms with van der Waals surface area (Å²) in [5, 5.41) is 0. The summed E-state index contributed by atoms with van der Waals surface area (Å²) >= 11 is 7.28. The van der Waals surface area contributed by atoms with Crippen LogP contribution in [0.15, 0.2) is 6.07 Å². The Hall–Kier alpha value is -0.770. The van der Waals surface area contributed by atoms with Gasteiger partial charge in [0.15, 0.2) is 5.75 Å². The molecule has 0 N–H and O–H groups in total. The van der Waals surface area contributed by atoms with Crippen LogP contribution in [0.5, 0.6) is 5.75 Å². The molecular formula is C10H8ClF3INO3. The van der Waals surface area contributed by atoms with Crippen LogP contribution in [-0.4, -0.2) is 23.9 Å². The zero-order valence-corrected chi connectivity index (χ0v) is 12.5. The van der Waals surface area contributed by atoms with Gasteiger partial charge in [-0.05, 0) is 35.6 Å². The van der Waals surface area contributed by atoms with Crippen molar-refractivity contribution >= 4 is 40.2 Å². The van der Waals surface area contributed by atoms with Gasteiger partial charge in [-0.25, -0.2) is 9.78 Å². The minimum absolute atomic E-state index is 0.0272. The number of nitrogens with zero attached hydrogens (tertiary/aromatic N) is 1. The summed E-state index contributed by atoms with van der Waals surface area (Å²) in [6, 6.07) is 1.15. The van der Waals surface area contributed by atoms with Crippen molar-refractivity contribution in [3.63, 3.8) is 0 Å². The van der Waals surface area contributed by atoms with Gasteiger partial charge in [0, 0.05) is 0 Å². The third-order valence-electron chi connectivity index (χ3n) is 1.85. The molecule has 0 bridgehead atoms. The third-order valence-corrected chi connectivity index (χ3v) is 2.66. The van der Waals surface area contributed by atoms with E-state index in [0.29, 0.717) is 3.70 Å². The van der Waals surface area contributed by atoms with Crippen molar-refractivity contribution in [2.24, 2.45) is 0 Å². The second-order valence-corrected chi connectivity index (χ2v) is 4.54. The maximum atomic E-state index is 12.3. The molecule has 106 valence electrons. The lowest BCUT2D eigenvalue weighted by Crippen LogP contribution is -2.21. The van der Waals surface area contributed by atoms with Gasteiger partial charge in [-0.3, -0.25) is 0 Å². The first kappa shape index (κ1) is 16.3. The number of hydrogen-bond acceptors (Lipinski definition) is 4. The predicted octanol–water partition coefficient (Wildman–Crippen LogP) is 3.50. The van der Waals surface area contributed by atoms with Crippen LogP contribution >= 0.6 is 34.2 Å². The molecule has 9 heteroatoms. The molecule has 0 aliphatic rings. The number of aromatic nitrogens is 1. The largest absolute Gasteiger partial charge is 0.573 e. The molecule has 0 radical (unpaired) electrons. The SMILES string of the molecule is CCOC(=O)c1cc(I)nc(CCl)c1OC(F)(F)F. The molecule has 0 spiro atoms. The fourth-order valence-corrected chi connectivity index (χ4v) is 2.02. The Morgan fingerprint density at radius 1 is 1.53 bits per heavy atom. The van der Waals surface area contributed by atoms with Crippen molar-refractivity contribution in [3.8, 4) is 5.75 Å². The van der Waals surface area contributed by atoms with Crippen molar-refractivity contribution in [1.82, 2.24) is 4.98 Å². The van der Waals surface area contributed by atoms with Crippen molar-refractivity contribution in [1.29, 1.82) is 0 Å². The first-order valence-electron chi connectivity index (χ1n) is 4.96. The number of halogens is 5. The average Bonchev–Trinajstić information content (AvgIpc) is 2.29. The van der Waals surface area contributed by atoms with Gasteiger partial charge in [0.1, 0.15) is 9.26 Å². The second-order valence-electron chi connectivity index (χ2n) is 3.17. The zero-order valence-electron chi connectivity index (χ0n) is 9.55. The number of carbonyl (C=O) groups is 1. The molecule has 1 aromatic heterocycles. The number of rotatable bonds is 4. The van der Waals surface area contributed by atoms with Crippen LogP contribution < -0.4 is 4.74 Å². The molecule has 19 heavy (non-hydrogen) atoms. The number of alkyl halides is 4. The first-order chi connectivity index (χ1) is 8.78. The van der Waals surface area contributed by atoms with Crippen molar-refractivity contribution in [2.75, 3.05) is 6.61 Å². The maximum Gasteiger partial charge on any atom is 0.573 e. The number of ether oxygens (including phenoxy) is 2. The Balaban J connectivity index is 3.33. The molecule has 0 unspecified atom stereocenters. The van der Waals surface area contributed by atoms with Crippen molar-refractivity contribution < 1.29 is 27.4 Å². The molecule has 0 amide bonds. The molecular weight excluding hydrogens is 401 g/mol. The van der Waals surface area contributed by atoms with E-state index in [1.165, 1.54) is 6.92 Å². The molecule has 4 nitrogen and oxygen atoms in total. The molecule has 1 aromatic rings. The van der Waals surface area contributed by atoms with Crippen LogP contribution in [-0.2, 0) is 10.6 Å². The monoisotopic (exact) mass is 409 g/mol. The van der Waals surface area contributed by atoms with E-state index in [0.717, 1.165) is 6.07 Å². The van der Waals surface area contributed by atoms with Crippen LogP contribution in [0.25, 0.3) is 0 Å². The Kier molecular flexibility index (Phi) is 5.65. The molecule has 0 saturated carbocycles. The molecule has 1 heterocycles. The van der Waals surface area contributed by atoms with E-state index >= 15 is 0 Å². The van der Waals surface area contributed by atoms with Crippen molar-refractivity contribution in [2.45, 2.75) is 19.2 Å². The number of esters is 1. The van der Waals surface area contributed by atoms with Crippen LogP contribution in [0.1, 0.15) is 23.0 Å². The van der Waals surface area contributed by atoms with Gasteiger partial charge in [-0.15, -0.1) is 24.8 Å². The topological polar surface area (TPSA) is 48.4 Å². The lowest BCUT2D eigenvalue weighted by atomic mass is 10.2. The molecule has 1 rings (SSSR count). The quantitative estimate of drug-likeness (QED) is 0.331. The summed E-state index contributed by atoms with van der Waals surface area (Å²) in [4.78, 5) is 15.4. The molecule has 0 aliphatic heterocycles. The molecule has 0 fully saturated rings. The van der Waals surface area contributed by atoms with Crippen LogP contribution in [0, 0.1) is 3.70 Å². The summed E-state index contributed by atoms with van der Waals surface area (Å²) in [5.41, 5.74) is -0.525. The fraction of sp³-hybridized carbons (Fsp3) is 0.400. The number of carbonyl (C=O) groups excluding carboxylic acids is 1. The summed E-state index contributed by atoms with van der Waals surface area (Å²) in [6.45, 7) is 1.57. The minimum atomic E-state index is -4.95. The summed E-state index contributed by atoms with van der Waals surface area (Å²) < 4.78 is 45.8. The van der Waals surface area contributed by atoms with Crippen molar-refractivity contribution in [3.05, 3.63) is 21.0 Å². The van der Waals surface area contributed by atoms with E-state index in [1.54, 1.807) is 22.6 Å². The first-order valence-corrected chi connectivity index (χ1v) is 6.58. The van der Waals surface area contributed by atoms with Crippen LogP contribution in [0.4, 0.5) is 13.2 Å². The molecule has 0 atom stereocenters. The smallest absolute Gasteiger partial charge is 0.462 e. The Labute approximate surface area is 125 Å². The third kappa shape index (κ3) is 4.68. The average molecular weight is 410 g/mol. The van der Waals surface area contributed by atoms with Gasteiger partial charge in [-0.1, -0.05) is 0 Å². The van der Waals surface area contributed by atoms with Gasteiger partial charge >= 0.3 is 12.3 Å². The van der Waals surface area contributed by atoms with E-state index in [1.807, 2.05) is 0 Å². The van der Waals surface area contributed by atoms with E-state index in [-0.39, 0.29) is 23.7 Å². The lowest BCUT2D eigenvalue weighted by molar-refractivity contribution is -0.275. The zero-order chi connectivity index (χ0) is 14.6. The van der Waals surface area contributed by atoms with E-state index in [9.17, 15) is 18.0 Å². The van der Waals surface area contributed by atoms with E-state index in [4.69, 9.17) is 11.6 Å². The van der Waals surface area contributed by atoms with Gasteiger partial charge in [0.05, 0.1) is 18.2 Å². The van der Waals surface area contributed by atoms with E-state index in [2.05, 4.69) is 14.5 Å². The Bertz CT molecular complexity index is 482. The van der Waals surface area contributed by atoms with E-state index < -0.39 is 18.1 Å². The Morgan fingerprint density at radius 3 is 2.63 bits per heavy atom. The van der Waals surface area contributed by atoms with Gasteiger partial charge < -0.3 is 9.47 Å². The van der Waals surface area contributed by atoms with Gasteiger partial charge in [0.2, 0.25) is 0 Å². The van der Waals surface area contributed by atoms with Crippen LogP contribution in [0.3, 0.4) is 0 Å². The second kappa shape index (κ2) is 6.60. The maximum absolute atomic E-state index is 12.3. The number of hydrogen-bond donors (Lipinski definition) is 0. The Morgan fingerprint density at radius 2 is 2.16 bits per heavy atom. The lowest BCUT2D eigenvalue weighted by Gasteiger charge is -2.15. The molecule has 0 saturated heterocycles. The summed E-state index contributed by atoms with van der Waals surface area (Å²) in [5.74, 6) is -1.97. The summed E-state index contributed by atoms with van der Waals surface area (Å²) in [6.07, 6.45) is -4.95. The summed E-state index contributed by atoms with van der Waals surface area (Å²) in [7, 11) is 0. The van der Waals surface area contributed by atoms with Gasteiger partial charge in [0.25, 0.3) is 0 Å². The highest BCUT2D eigenvalue weighted by Crippen LogP contribution is 2.31. The highest BCUT2D eigenvalue weighted by Gasteiger charge is 2.35. The fourth-order valence-electron chi connectivity index (χ4n) is 1.23. The predicted molar refractivity (Wildman–Crippen MR) is 69.2 cm³/mol. The highest BCUT2D eigenvalue weighted by atomic mass is 127. The minimum Gasteiger partial charge on any atom is -0.462 e.